The van der Waals surface area contributed by atoms with E-state index in [1.165, 1.54) is 10.4 Å². The van der Waals surface area contributed by atoms with Gasteiger partial charge < -0.3 is 9.64 Å². The number of hydrogen-bond acceptors (Lipinski definition) is 6. The summed E-state index contributed by atoms with van der Waals surface area (Å²) in [5.74, 6) is 0.501. The van der Waals surface area contributed by atoms with Crippen LogP contribution in [-0.2, 0) is 21.4 Å². The Kier molecular flexibility index (Phi) is 7.20. The monoisotopic (exact) mass is 501 g/mol. The number of benzene rings is 2. The van der Waals surface area contributed by atoms with E-state index in [4.69, 9.17) is 4.74 Å². The summed E-state index contributed by atoms with van der Waals surface area (Å²) in [4.78, 5) is 26.6. The second-order valence-electron chi connectivity index (χ2n) is 7.95. The maximum absolute atomic E-state index is 13.2. The molecule has 1 aliphatic heterocycles. The highest BCUT2D eigenvalue weighted by Crippen LogP contribution is 2.25. The number of amides is 1. The largest absolute Gasteiger partial charge is 0.496 e. The molecule has 0 N–H and O–H groups in total. The highest BCUT2D eigenvalue weighted by atomic mass is 32.2. The Morgan fingerprint density at radius 1 is 1.12 bits per heavy atom. The number of para-hydroxylation sites is 1. The summed E-state index contributed by atoms with van der Waals surface area (Å²) in [6.07, 6.45) is 4.01. The molecule has 3 aromatic rings. The summed E-state index contributed by atoms with van der Waals surface area (Å²) >= 11 is 1.06. The van der Waals surface area contributed by atoms with Gasteiger partial charge in [-0.3, -0.25) is 14.2 Å². The van der Waals surface area contributed by atoms with Crippen LogP contribution in [0.15, 0.2) is 58.2 Å². The zero-order valence-electron chi connectivity index (χ0n) is 19.1. The van der Waals surface area contributed by atoms with Crippen LogP contribution < -0.4 is 9.61 Å². The lowest BCUT2D eigenvalue weighted by Gasteiger charge is -2.33. The highest BCUT2D eigenvalue weighted by molar-refractivity contribution is 7.89. The number of aryl methyl sites for hydroxylation is 1. The highest BCUT2D eigenvalue weighted by Gasteiger charge is 2.30. The van der Waals surface area contributed by atoms with Crippen molar-refractivity contribution in [3.8, 4) is 5.75 Å². The molecule has 0 bridgehead atoms. The Balaban J connectivity index is 1.44. The molecular formula is C24H27N3O5S2. The topological polar surface area (TPSA) is 88.9 Å². The van der Waals surface area contributed by atoms with Crippen LogP contribution in [0.1, 0.15) is 18.9 Å². The van der Waals surface area contributed by atoms with Crippen molar-refractivity contribution in [2.24, 2.45) is 0 Å². The number of carbonyl (C=O) groups is 1. The van der Waals surface area contributed by atoms with E-state index in [-0.39, 0.29) is 28.8 Å². The van der Waals surface area contributed by atoms with Crippen LogP contribution in [0.2, 0.25) is 0 Å². The molecule has 1 aromatic heterocycles. The number of rotatable bonds is 7. The first-order valence-electron chi connectivity index (χ1n) is 11.1. The first kappa shape index (κ1) is 24.2. The van der Waals surface area contributed by atoms with E-state index in [2.05, 4.69) is 0 Å². The van der Waals surface area contributed by atoms with Gasteiger partial charge in [-0.15, -0.1) is 0 Å². The molecule has 1 aliphatic rings. The van der Waals surface area contributed by atoms with Crippen LogP contribution in [-0.4, -0.2) is 61.4 Å². The zero-order chi connectivity index (χ0) is 24.3. The van der Waals surface area contributed by atoms with E-state index >= 15 is 0 Å². The fourth-order valence-corrected chi connectivity index (χ4v) is 6.49. The third-order valence-corrected chi connectivity index (χ3v) is 8.66. The summed E-state index contributed by atoms with van der Waals surface area (Å²) in [6, 6.07) is 12.2. The smallest absolute Gasteiger partial charge is 0.308 e. The summed E-state index contributed by atoms with van der Waals surface area (Å²) < 4.78 is 35.5. The number of ether oxygens (including phenoxy) is 1. The number of carbonyl (C=O) groups excluding carboxylic acids is 1. The summed E-state index contributed by atoms with van der Waals surface area (Å²) in [6.45, 7) is 3.62. The van der Waals surface area contributed by atoms with E-state index in [1.807, 2.05) is 31.2 Å². The third-order valence-electron chi connectivity index (χ3n) is 5.82. The van der Waals surface area contributed by atoms with Crippen LogP contribution in [0.3, 0.4) is 0 Å². The predicted molar refractivity (Wildman–Crippen MR) is 134 cm³/mol. The van der Waals surface area contributed by atoms with Crippen molar-refractivity contribution >= 4 is 43.6 Å². The van der Waals surface area contributed by atoms with E-state index < -0.39 is 10.0 Å². The van der Waals surface area contributed by atoms with Crippen LogP contribution >= 0.6 is 11.3 Å². The number of fused-ring (bicyclic) bond motifs is 1. The van der Waals surface area contributed by atoms with E-state index in [0.29, 0.717) is 30.1 Å². The van der Waals surface area contributed by atoms with Gasteiger partial charge in [0.1, 0.15) is 5.75 Å². The molecule has 0 saturated carbocycles. The van der Waals surface area contributed by atoms with Gasteiger partial charge in [-0.1, -0.05) is 36.5 Å². The lowest BCUT2D eigenvalue weighted by atomic mass is 10.2. The zero-order valence-corrected chi connectivity index (χ0v) is 20.8. The standard InChI is InChI=1S/C24H27N3O5S2/c1-3-12-27-20-10-9-19(17-22(20)33-24(27)29)34(30,31)26-15-13-25(14-16-26)23(28)11-8-18-6-4-5-7-21(18)32-2/h4-11,17H,3,12-16H2,1-2H3/b11-8+. The molecule has 1 saturated heterocycles. The molecule has 1 fully saturated rings. The Morgan fingerprint density at radius 3 is 2.56 bits per heavy atom. The first-order valence-corrected chi connectivity index (χ1v) is 13.3. The van der Waals surface area contributed by atoms with Gasteiger partial charge in [0.25, 0.3) is 0 Å². The van der Waals surface area contributed by atoms with Crippen molar-refractivity contribution in [3.05, 3.63) is 63.8 Å². The van der Waals surface area contributed by atoms with E-state index in [1.54, 1.807) is 40.9 Å². The summed E-state index contributed by atoms with van der Waals surface area (Å²) in [7, 11) is -2.15. The molecule has 34 heavy (non-hydrogen) atoms. The molecule has 10 heteroatoms. The molecule has 1 amide bonds. The van der Waals surface area contributed by atoms with E-state index in [9.17, 15) is 18.0 Å². The summed E-state index contributed by atoms with van der Waals surface area (Å²) in [5, 5.41) is 0. The maximum atomic E-state index is 13.2. The van der Waals surface area contributed by atoms with Crippen LogP contribution in [0, 0.1) is 0 Å². The Bertz CT molecular complexity index is 1380. The number of thiazole rings is 1. The number of sulfonamides is 1. The van der Waals surface area contributed by atoms with Gasteiger partial charge in [0, 0.05) is 44.4 Å². The second kappa shape index (κ2) is 10.1. The Hall–Kier alpha value is -2.95. The Morgan fingerprint density at radius 2 is 1.85 bits per heavy atom. The molecule has 4 rings (SSSR count). The average molecular weight is 502 g/mol. The molecule has 0 radical (unpaired) electrons. The predicted octanol–water partition coefficient (Wildman–Crippen LogP) is 3.03. The van der Waals surface area contributed by atoms with Gasteiger partial charge >= 0.3 is 4.87 Å². The molecule has 2 aromatic carbocycles. The first-order chi connectivity index (χ1) is 16.3. The minimum atomic E-state index is -3.73. The lowest BCUT2D eigenvalue weighted by Crippen LogP contribution is -2.50. The van der Waals surface area contributed by atoms with E-state index in [0.717, 1.165) is 28.8 Å². The van der Waals surface area contributed by atoms with Crippen LogP contribution in [0.4, 0.5) is 0 Å². The molecule has 0 atom stereocenters. The number of aromatic nitrogens is 1. The van der Waals surface area contributed by atoms with Crippen molar-refractivity contribution in [2.45, 2.75) is 24.8 Å². The van der Waals surface area contributed by atoms with Crippen LogP contribution in [0.5, 0.6) is 5.75 Å². The van der Waals surface area contributed by atoms with Gasteiger partial charge in [-0.2, -0.15) is 4.31 Å². The Labute approximate surface area is 202 Å². The minimum Gasteiger partial charge on any atom is -0.496 e. The minimum absolute atomic E-state index is 0.0836. The molecule has 0 aliphatic carbocycles. The number of nitrogens with zero attached hydrogens (tertiary/aromatic N) is 3. The van der Waals surface area contributed by atoms with Crippen molar-refractivity contribution in [2.75, 3.05) is 33.3 Å². The maximum Gasteiger partial charge on any atom is 0.308 e. The molecular weight excluding hydrogens is 474 g/mol. The fourth-order valence-electron chi connectivity index (χ4n) is 4.01. The normalized spacial score (nSPS) is 15.3. The van der Waals surface area contributed by atoms with Gasteiger partial charge in [-0.25, -0.2) is 8.42 Å². The third kappa shape index (κ3) is 4.79. The molecule has 8 nitrogen and oxygen atoms in total. The van der Waals surface area contributed by atoms with Gasteiger partial charge in [0.05, 0.1) is 22.2 Å². The van der Waals surface area contributed by atoms with Crippen molar-refractivity contribution in [1.82, 2.24) is 13.8 Å². The van der Waals surface area contributed by atoms with Gasteiger partial charge in [0.2, 0.25) is 15.9 Å². The number of piperazine rings is 1. The van der Waals surface area contributed by atoms with Crippen LogP contribution in [0.25, 0.3) is 16.3 Å². The second-order valence-corrected chi connectivity index (χ2v) is 10.9. The average Bonchev–Trinajstić information content (AvgIpc) is 3.17. The molecule has 180 valence electrons. The van der Waals surface area contributed by atoms with Gasteiger partial charge in [0.15, 0.2) is 0 Å². The molecule has 2 heterocycles. The summed E-state index contributed by atoms with van der Waals surface area (Å²) in [5.41, 5.74) is 1.55. The molecule has 0 unspecified atom stereocenters. The van der Waals surface area contributed by atoms with Crippen molar-refractivity contribution < 1.29 is 17.9 Å². The number of methoxy groups -OCH3 is 1. The molecule has 0 spiro atoms. The fraction of sp³-hybridized carbons (Fsp3) is 0.333. The SMILES string of the molecule is CCCn1c(=O)sc2cc(S(=O)(=O)N3CCN(C(=O)/C=C/c4ccccc4OC)CC3)ccc21. The lowest BCUT2D eigenvalue weighted by molar-refractivity contribution is -0.127. The van der Waals surface area contributed by atoms with Crippen molar-refractivity contribution in [1.29, 1.82) is 0 Å². The quantitative estimate of drug-likeness (QED) is 0.465. The van der Waals surface area contributed by atoms with Gasteiger partial charge in [-0.05, 0) is 36.8 Å². The van der Waals surface area contributed by atoms with Crippen molar-refractivity contribution in [3.63, 3.8) is 0 Å². The number of hydrogen-bond donors (Lipinski definition) is 0.